The maximum Gasteiger partial charge on any atom is 0.243 e. The van der Waals surface area contributed by atoms with Crippen molar-refractivity contribution in [3.63, 3.8) is 0 Å². The Kier molecular flexibility index (Phi) is 8.62. The second-order valence-corrected chi connectivity index (χ2v) is 8.91. The molecule has 1 heterocycles. The minimum Gasteiger partial charge on any atom is -0.340 e. The second kappa shape index (κ2) is 9.82. The summed E-state index contributed by atoms with van der Waals surface area (Å²) in [7, 11) is -3.65. The molecule has 2 N–H and O–H groups in total. The van der Waals surface area contributed by atoms with E-state index in [1.54, 1.807) is 4.90 Å². The van der Waals surface area contributed by atoms with Crippen LogP contribution < -0.4 is 5.73 Å². The highest BCUT2D eigenvalue weighted by molar-refractivity contribution is 7.89. The molecule has 158 valence electrons. The monoisotopic (exact) mass is 431 g/mol. The number of nitrogens with two attached hydrogens (primary N) is 1. The first-order valence-electron chi connectivity index (χ1n) is 9.32. The molecule has 28 heavy (non-hydrogen) atoms. The Bertz CT molecular complexity index is 776. The van der Waals surface area contributed by atoms with E-state index in [1.807, 2.05) is 13.8 Å². The maximum absolute atomic E-state index is 12.9. The molecule has 7 nitrogen and oxygen atoms in total. The molecular weight excluding hydrogens is 402 g/mol. The van der Waals surface area contributed by atoms with Gasteiger partial charge in [0.05, 0.1) is 10.3 Å². The summed E-state index contributed by atoms with van der Waals surface area (Å²) >= 11 is 0. The number of carbonyl (C=O) groups is 2. The molecule has 0 saturated carbocycles. The molecule has 0 unspecified atom stereocenters. The standard InChI is InChI=1S/C19H29N3O4S.ClH/c1-4-19(5-2,14-20)18(24)21-10-12-22(13-11-21)27(25,26)17-8-6-16(7-9-17)15(3)23;/h6-9H,4-5,10-14,20H2,1-3H3;1H. The molecule has 0 bridgehead atoms. The summed E-state index contributed by atoms with van der Waals surface area (Å²) < 4.78 is 27.0. The maximum atomic E-state index is 12.9. The van der Waals surface area contributed by atoms with Crippen LogP contribution in [-0.2, 0) is 14.8 Å². The number of halogens is 1. The molecule has 1 aromatic rings. The number of nitrogens with zero attached hydrogens (tertiary/aromatic N) is 2. The van der Waals surface area contributed by atoms with Gasteiger partial charge in [-0.2, -0.15) is 4.31 Å². The van der Waals surface area contributed by atoms with E-state index >= 15 is 0 Å². The highest BCUT2D eigenvalue weighted by atomic mass is 35.5. The molecule has 0 aliphatic carbocycles. The molecular formula is C19H30ClN3O4S. The average molecular weight is 432 g/mol. The number of sulfonamides is 1. The van der Waals surface area contributed by atoms with Gasteiger partial charge in [-0.15, -0.1) is 12.4 Å². The van der Waals surface area contributed by atoms with Gasteiger partial charge < -0.3 is 10.6 Å². The van der Waals surface area contributed by atoms with Crippen LogP contribution in [0.2, 0.25) is 0 Å². The van der Waals surface area contributed by atoms with Crippen LogP contribution in [-0.4, -0.2) is 62.0 Å². The minimum atomic E-state index is -3.65. The van der Waals surface area contributed by atoms with Crippen LogP contribution in [0, 0.1) is 5.41 Å². The number of piperazine rings is 1. The lowest BCUT2D eigenvalue weighted by atomic mass is 9.81. The third-order valence-electron chi connectivity index (χ3n) is 5.62. The van der Waals surface area contributed by atoms with Gasteiger partial charge in [-0.3, -0.25) is 9.59 Å². The molecule has 0 atom stereocenters. The number of benzene rings is 1. The number of hydrogen-bond donors (Lipinski definition) is 1. The van der Waals surface area contributed by atoms with Crippen LogP contribution >= 0.6 is 12.4 Å². The van der Waals surface area contributed by atoms with Crippen molar-refractivity contribution in [2.24, 2.45) is 11.1 Å². The summed E-state index contributed by atoms with van der Waals surface area (Å²) in [4.78, 5) is 26.1. The van der Waals surface area contributed by atoms with Gasteiger partial charge in [0.1, 0.15) is 0 Å². The van der Waals surface area contributed by atoms with Crippen molar-refractivity contribution in [1.82, 2.24) is 9.21 Å². The van der Waals surface area contributed by atoms with Crippen molar-refractivity contribution in [3.05, 3.63) is 29.8 Å². The van der Waals surface area contributed by atoms with E-state index in [2.05, 4.69) is 0 Å². The summed E-state index contributed by atoms with van der Waals surface area (Å²) in [5.41, 5.74) is 5.77. The van der Waals surface area contributed by atoms with Gasteiger partial charge in [0.25, 0.3) is 0 Å². The van der Waals surface area contributed by atoms with Gasteiger partial charge in [0, 0.05) is 38.3 Å². The summed E-state index contributed by atoms with van der Waals surface area (Å²) in [5, 5.41) is 0. The first kappa shape index (κ1) is 24.6. The SMILES string of the molecule is CCC(CC)(CN)C(=O)N1CCN(S(=O)(=O)c2ccc(C(C)=O)cc2)CC1.Cl. The molecule has 1 aliphatic rings. The Hall–Kier alpha value is -1.48. The highest BCUT2D eigenvalue weighted by Crippen LogP contribution is 2.29. The third-order valence-corrected chi connectivity index (χ3v) is 7.54. The second-order valence-electron chi connectivity index (χ2n) is 6.97. The molecule has 0 radical (unpaired) electrons. The molecule has 1 aromatic carbocycles. The smallest absolute Gasteiger partial charge is 0.243 e. The Morgan fingerprint density at radius 2 is 1.54 bits per heavy atom. The van der Waals surface area contributed by atoms with Crippen molar-refractivity contribution in [1.29, 1.82) is 0 Å². The lowest BCUT2D eigenvalue weighted by Crippen LogP contribution is -2.55. The molecule has 1 fully saturated rings. The zero-order chi connectivity index (χ0) is 20.2. The van der Waals surface area contributed by atoms with Crippen LogP contribution in [0.15, 0.2) is 29.2 Å². The highest BCUT2D eigenvalue weighted by Gasteiger charge is 2.39. The van der Waals surface area contributed by atoms with Crippen LogP contribution in [0.25, 0.3) is 0 Å². The predicted octanol–water partition coefficient (Wildman–Crippen LogP) is 1.91. The van der Waals surface area contributed by atoms with Gasteiger partial charge in [-0.1, -0.05) is 26.0 Å². The summed E-state index contributed by atoms with van der Waals surface area (Å²) in [6.07, 6.45) is 1.33. The van der Waals surface area contributed by atoms with Crippen molar-refractivity contribution >= 4 is 34.1 Å². The predicted molar refractivity (Wildman–Crippen MR) is 111 cm³/mol. The first-order valence-corrected chi connectivity index (χ1v) is 10.8. The Balaban J connectivity index is 0.00000392. The average Bonchev–Trinajstić information content (AvgIpc) is 2.69. The van der Waals surface area contributed by atoms with E-state index in [0.29, 0.717) is 38.0 Å². The van der Waals surface area contributed by atoms with Crippen molar-refractivity contribution in [2.45, 2.75) is 38.5 Å². The van der Waals surface area contributed by atoms with Gasteiger partial charge in [0.15, 0.2) is 5.78 Å². The fourth-order valence-corrected chi connectivity index (χ4v) is 4.83. The van der Waals surface area contributed by atoms with Gasteiger partial charge >= 0.3 is 0 Å². The number of carbonyl (C=O) groups excluding carboxylic acids is 2. The Labute approximate surface area is 173 Å². The van der Waals surface area contributed by atoms with Crippen molar-refractivity contribution < 1.29 is 18.0 Å². The fourth-order valence-electron chi connectivity index (χ4n) is 3.41. The van der Waals surface area contributed by atoms with Crippen LogP contribution in [0.1, 0.15) is 44.0 Å². The van der Waals surface area contributed by atoms with Gasteiger partial charge in [0.2, 0.25) is 15.9 Å². The normalized spacial score (nSPS) is 15.8. The molecule has 1 amide bonds. The molecule has 1 saturated heterocycles. The number of amides is 1. The molecule has 1 aliphatic heterocycles. The van der Waals surface area contributed by atoms with Gasteiger partial charge in [-0.05, 0) is 31.9 Å². The first-order chi connectivity index (χ1) is 12.7. The zero-order valence-corrected chi connectivity index (χ0v) is 18.3. The number of Topliss-reactive ketones (excluding diaryl/α,β-unsaturated/α-hetero) is 1. The Morgan fingerprint density at radius 3 is 1.93 bits per heavy atom. The molecule has 0 aromatic heterocycles. The lowest BCUT2D eigenvalue weighted by Gasteiger charge is -2.39. The van der Waals surface area contributed by atoms with Gasteiger partial charge in [-0.25, -0.2) is 8.42 Å². The Morgan fingerprint density at radius 1 is 1.04 bits per heavy atom. The van der Waals surface area contributed by atoms with Crippen molar-refractivity contribution in [2.75, 3.05) is 32.7 Å². The molecule has 9 heteroatoms. The van der Waals surface area contributed by atoms with Crippen LogP contribution in [0.4, 0.5) is 0 Å². The summed E-state index contributed by atoms with van der Waals surface area (Å²) in [5.74, 6) is -0.0980. The summed E-state index contributed by atoms with van der Waals surface area (Å²) in [6.45, 7) is 6.84. The third kappa shape index (κ3) is 4.74. The zero-order valence-electron chi connectivity index (χ0n) is 16.7. The number of rotatable bonds is 7. The molecule has 0 spiro atoms. The molecule has 2 rings (SSSR count). The largest absolute Gasteiger partial charge is 0.340 e. The van der Waals surface area contributed by atoms with E-state index in [0.717, 1.165) is 0 Å². The van der Waals surface area contributed by atoms with Crippen LogP contribution in [0.3, 0.4) is 0 Å². The van der Waals surface area contributed by atoms with Crippen molar-refractivity contribution in [3.8, 4) is 0 Å². The number of ketones is 1. The lowest BCUT2D eigenvalue weighted by molar-refractivity contribution is -0.143. The van der Waals surface area contributed by atoms with E-state index in [9.17, 15) is 18.0 Å². The quantitative estimate of drug-likeness (QED) is 0.664. The van der Waals surface area contributed by atoms with Crippen LogP contribution in [0.5, 0.6) is 0 Å². The topological polar surface area (TPSA) is 101 Å². The van der Waals surface area contributed by atoms with E-state index in [1.165, 1.54) is 35.5 Å². The van der Waals surface area contributed by atoms with E-state index in [4.69, 9.17) is 5.73 Å². The van der Waals surface area contributed by atoms with E-state index < -0.39 is 15.4 Å². The minimum absolute atomic E-state index is 0. The van der Waals surface area contributed by atoms with E-state index in [-0.39, 0.29) is 42.1 Å². The fraction of sp³-hybridized carbons (Fsp3) is 0.579. The number of hydrogen-bond acceptors (Lipinski definition) is 5. The summed E-state index contributed by atoms with van der Waals surface area (Å²) in [6, 6.07) is 5.95.